The van der Waals surface area contributed by atoms with Crippen LogP contribution in [-0.4, -0.2) is 12.6 Å². The summed E-state index contributed by atoms with van der Waals surface area (Å²) in [5.41, 5.74) is 0.267. The van der Waals surface area contributed by atoms with Crippen molar-refractivity contribution in [3.8, 4) is 12.1 Å². The molecule has 1 aromatic rings. The van der Waals surface area contributed by atoms with Crippen molar-refractivity contribution in [2.45, 2.75) is 19.8 Å². The molecule has 0 unspecified atom stereocenters. The molecule has 2 rings (SSSR count). The van der Waals surface area contributed by atoms with Crippen LogP contribution < -0.4 is 0 Å². The Bertz CT molecular complexity index is 621. The zero-order chi connectivity index (χ0) is 15.3. The molecule has 0 spiro atoms. The zero-order valence-electron chi connectivity index (χ0n) is 11.9. The normalized spacial score (nSPS) is 19.2. The van der Waals surface area contributed by atoms with E-state index in [0.29, 0.717) is 18.6 Å². The van der Waals surface area contributed by atoms with Crippen LogP contribution >= 0.6 is 0 Å². The molecule has 0 radical (unpaired) electrons. The van der Waals surface area contributed by atoms with E-state index in [9.17, 15) is 15.3 Å². The van der Waals surface area contributed by atoms with E-state index in [1.54, 1.807) is 6.92 Å². The van der Waals surface area contributed by atoms with Gasteiger partial charge in [0.05, 0.1) is 25.2 Å². The number of rotatable bonds is 4. The first-order chi connectivity index (χ1) is 10.2. The quantitative estimate of drug-likeness (QED) is 0.794. The average molecular weight is 280 g/mol. The molecule has 0 amide bonds. The summed E-state index contributed by atoms with van der Waals surface area (Å²) in [6.07, 6.45) is 2.51. The predicted octanol–water partition coefficient (Wildman–Crippen LogP) is 3.08. The molecule has 0 fully saturated rings. The maximum Gasteiger partial charge on any atom is 0.306 e. The highest BCUT2D eigenvalue weighted by Gasteiger charge is 2.48. The SMILES string of the molecule is CCOC(=O)C[C@@H]1CC=C(c2ccccc2)C1(C#N)C#N. The zero-order valence-corrected chi connectivity index (χ0v) is 11.9. The Hall–Kier alpha value is -2.59. The highest BCUT2D eigenvalue weighted by molar-refractivity contribution is 5.80. The lowest BCUT2D eigenvalue weighted by molar-refractivity contribution is -0.144. The van der Waals surface area contributed by atoms with Crippen molar-refractivity contribution in [1.29, 1.82) is 10.5 Å². The molecule has 1 aromatic carbocycles. The first-order valence-corrected chi connectivity index (χ1v) is 6.92. The fourth-order valence-electron chi connectivity index (χ4n) is 2.77. The Kier molecular flexibility index (Phi) is 4.40. The van der Waals surface area contributed by atoms with Crippen LogP contribution in [0.4, 0.5) is 0 Å². The third-order valence-electron chi connectivity index (χ3n) is 3.80. The molecule has 106 valence electrons. The van der Waals surface area contributed by atoms with E-state index in [1.165, 1.54) is 0 Å². The van der Waals surface area contributed by atoms with E-state index in [-0.39, 0.29) is 18.3 Å². The van der Waals surface area contributed by atoms with E-state index < -0.39 is 5.41 Å². The van der Waals surface area contributed by atoms with Crippen molar-refractivity contribution in [1.82, 2.24) is 0 Å². The number of hydrogen-bond acceptors (Lipinski definition) is 4. The van der Waals surface area contributed by atoms with Crippen molar-refractivity contribution in [2.75, 3.05) is 6.61 Å². The van der Waals surface area contributed by atoms with Gasteiger partial charge >= 0.3 is 5.97 Å². The van der Waals surface area contributed by atoms with E-state index in [2.05, 4.69) is 12.1 Å². The minimum absolute atomic E-state index is 0.0851. The monoisotopic (exact) mass is 280 g/mol. The van der Waals surface area contributed by atoms with Crippen LogP contribution in [0.15, 0.2) is 36.4 Å². The molecule has 4 heteroatoms. The topological polar surface area (TPSA) is 73.9 Å². The molecule has 21 heavy (non-hydrogen) atoms. The number of allylic oxidation sites excluding steroid dienone is 2. The Morgan fingerprint density at radius 1 is 1.33 bits per heavy atom. The Balaban J connectivity index is 2.32. The molecule has 0 heterocycles. The second kappa shape index (κ2) is 6.24. The van der Waals surface area contributed by atoms with E-state index in [0.717, 1.165) is 5.56 Å². The summed E-state index contributed by atoms with van der Waals surface area (Å²) in [6.45, 7) is 2.04. The number of carbonyl (C=O) groups excluding carboxylic acids is 1. The van der Waals surface area contributed by atoms with E-state index in [1.807, 2.05) is 36.4 Å². The van der Waals surface area contributed by atoms with Crippen LogP contribution in [-0.2, 0) is 9.53 Å². The first kappa shape index (κ1) is 14.8. The summed E-state index contributed by atoms with van der Waals surface area (Å²) in [5.74, 6) is -0.721. The molecule has 0 bridgehead atoms. The van der Waals surface area contributed by atoms with Crippen LogP contribution in [0, 0.1) is 34.0 Å². The number of carbonyl (C=O) groups is 1. The Labute approximate surface area is 124 Å². The van der Waals surface area contributed by atoms with Crippen LogP contribution in [0.2, 0.25) is 0 Å². The van der Waals surface area contributed by atoms with Gasteiger partial charge in [-0.1, -0.05) is 36.4 Å². The summed E-state index contributed by atoms with van der Waals surface area (Å²) in [7, 11) is 0. The lowest BCUT2D eigenvalue weighted by atomic mass is 9.72. The second-order valence-corrected chi connectivity index (χ2v) is 4.96. The van der Waals surface area contributed by atoms with Gasteiger partial charge in [-0.2, -0.15) is 10.5 Å². The van der Waals surface area contributed by atoms with E-state index >= 15 is 0 Å². The van der Waals surface area contributed by atoms with Crippen molar-refractivity contribution in [3.63, 3.8) is 0 Å². The van der Waals surface area contributed by atoms with Gasteiger partial charge in [-0.3, -0.25) is 4.79 Å². The minimum Gasteiger partial charge on any atom is -0.466 e. The second-order valence-electron chi connectivity index (χ2n) is 4.96. The lowest BCUT2D eigenvalue weighted by Gasteiger charge is -2.24. The number of nitriles is 2. The summed E-state index contributed by atoms with van der Waals surface area (Å²) in [5, 5.41) is 19.2. The molecule has 0 aromatic heterocycles. The maximum absolute atomic E-state index is 11.7. The fourth-order valence-corrected chi connectivity index (χ4v) is 2.77. The number of nitrogens with zero attached hydrogens (tertiary/aromatic N) is 2. The molecular formula is C17H16N2O2. The van der Waals surface area contributed by atoms with Gasteiger partial charge in [0.2, 0.25) is 0 Å². The van der Waals surface area contributed by atoms with Crippen molar-refractivity contribution < 1.29 is 9.53 Å². The summed E-state index contributed by atoms with van der Waals surface area (Å²) in [4.78, 5) is 11.7. The van der Waals surface area contributed by atoms with Gasteiger partial charge in [-0.15, -0.1) is 0 Å². The molecule has 0 saturated carbocycles. The maximum atomic E-state index is 11.7. The Morgan fingerprint density at radius 3 is 2.57 bits per heavy atom. The molecule has 0 N–H and O–H groups in total. The molecule has 1 aliphatic rings. The number of ether oxygens (including phenoxy) is 1. The minimum atomic E-state index is -1.28. The van der Waals surface area contributed by atoms with Gasteiger partial charge in [0.25, 0.3) is 0 Å². The Morgan fingerprint density at radius 2 is 2.00 bits per heavy atom. The average Bonchev–Trinajstić information content (AvgIpc) is 2.87. The fraction of sp³-hybridized carbons (Fsp3) is 0.353. The van der Waals surface area contributed by atoms with Crippen molar-refractivity contribution >= 4 is 11.5 Å². The number of hydrogen-bond donors (Lipinski definition) is 0. The smallest absolute Gasteiger partial charge is 0.306 e. The van der Waals surface area contributed by atoms with Gasteiger partial charge in [0.1, 0.15) is 0 Å². The van der Waals surface area contributed by atoms with Crippen molar-refractivity contribution in [3.05, 3.63) is 42.0 Å². The van der Waals surface area contributed by atoms with E-state index in [4.69, 9.17) is 4.74 Å². The molecule has 1 atom stereocenters. The molecule has 4 nitrogen and oxygen atoms in total. The van der Waals surface area contributed by atoms with Crippen LogP contribution in [0.5, 0.6) is 0 Å². The van der Waals surface area contributed by atoms with Gasteiger partial charge < -0.3 is 4.74 Å². The van der Waals surface area contributed by atoms with Gasteiger partial charge in [-0.05, 0) is 24.5 Å². The van der Waals surface area contributed by atoms with Crippen LogP contribution in [0.3, 0.4) is 0 Å². The molecule has 1 aliphatic carbocycles. The number of benzene rings is 1. The summed E-state index contributed by atoms with van der Waals surface area (Å²) in [6, 6.07) is 13.6. The third kappa shape index (κ3) is 2.66. The van der Waals surface area contributed by atoms with Gasteiger partial charge in [0, 0.05) is 5.92 Å². The molecular weight excluding hydrogens is 264 g/mol. The number of esters is 1. The van der Waals surface area contributed by atoms with Crippen LogP contribution in [0.25, 0.3) is 5.57 Å². The molecule has 0 saturated heterocycles. The lowest BCUT2D eigenvalue weighted by Crippen LogP contribution is -2.27. The van der Waals surface area contributed by atoms with Crippen LogP contribution in [0.1, 0.15) is 25.3 Å². The highest BCUT2D eigenvalue weighted by Crippen LogP contribution is 2.49. The summed E-state index contributed by atoms with van der Waals surface area (Å²) < 4.78 is 4.95. The van der Waals surface area contributed by atoms with Gasteiger partial charge in [0.15, 0.2) is 5.41 Å². The standard InChI is InChI=1S/C17H16N2O2/c1-2-21-16(20)10-14-8-9-15(17(14,11-18)12-19)13-6-4-3-5-7-13/h3-7,9,14H,2,8,10H2,1H3/t14-/m0/s1. The highest BCUT2D eigenvalue weighted by atomic mass is 16.5. The van der Waals surface area contributed by atoms with Crippen molar-refractivity contribution in [2.24, 2.45) is 11.3 Å². The third-order valence-corrected chi connectivity index (χ3v) is 3.80. The largest absolute Gasteiger partial charge is 0.466 e. The molecule has 0 aliphatic heterocycles. The summed E-state index contributed by atoms with van der Waals surface area (Å²) >= 11 is 0. The first-order valence-electron chi connectivity index (χ1n) is 6.92. The predicted molar refractivity (Wildman–Crippen MR) is 77.4 cm³/mol. The van der Waals surface area contributed by atoms with Gasteiger partial charge in [-0.25, -0.2) is 0 Å².